The molecule has 2 aromatic heterocycles. The van der Waals surface area contributed by atoms with Crippen LogP contribution in [0.3, 0.4) is 0 Å². The second kappa shape index (κ2) is 9.90. The summed E-state index contributed by atoms with van der Waals surface area (Å²) in [6, 6.07) is 57.2. The van der Waals surface area contributed by atoms with E-state index >= 15 is 0 Å². The van der Waals surface area contributed by atoms with Crippen LogP contribution in [0.25, 0.3) is 97.0 Å². The van der Waals surface area contributed by atoms with Crippen molar-refractivity contribution in [2.75, 3.05) is 0 Å². The van der Waals surface area contributed by atoms with Crippen molar-refractivity contribution < 1.29 is 4.42 Å². The number of hydrogen-bond donors (Lipinski definition) is 0. The van der Waals surface area contributed by atoms with Gasteiger partial charge >= 0.3 is 0 Å². The molecule has 0 N–H and O–H groups in total. The lowest BCUT2D eigenvalue weighted by Crippen LogP contribution is -1.91. The van der Waals surface area contributed by atoms with Crippen molar-refractivity contribution >= 4 is 74.8 Å². The summed E-state index contributed by atoms with van der Waals surface area (Å²) in [5.74, 6) is 0.909. The molecule has 0 unspecified atom stereocenters. The van der Waals surface area contributed by atoms with Crippen molar-refractivity contribution in [3.05, 3.63) is 158 Å². The largest absolute Gasteiger partial charge is 0.455 e. The molecule has 0 radical (unpaired) electrons. The third-order valence-corrected chi connectivity index (χ3v) is 10.6. The molecule has 2 heteroatoms. The molecule has 0 atom stereocenters. The zero-order chi connectivity index (χ0) is 30.2. The lowest BCUT2D eigenvalue weighted by Gasteiger charge is -2.18. The molecular weight excluding hydrogens is 577 g/mol. The smallest absolute Gasteiger partial charge is 0.143 e. The lowest BCUT2D eigenvalue weighted by atomic mass is 9.84. The minimum atomic E-state index is 0.909. The first-order chi connectivity index (χ1) is 22.8. The molecule has 46 heavy (non-hydrogen) atoms. The van der Waals surface area contributed by atoms with Crippen LogP contribution in [-0.4, -0.2) is 0 Å². The van der Waals surface area contributed by atoms with E-state index in [1.165, 1.54) is 69.2 Å². The predicted octanol–water partition coefficient (Wildman–Crippen LogP) is 13.3. The minimum Gasteiger partial charge on any atom is -0.455 e. The van der Waals surface area contributed by atoms with Gasteiger partial charge in [-0.05, 0) is 67.7 Å². The predicted molar refractivity (Wildman–Crippen MR) is 198 cm³/mol. The van der Waals surface area contributed by atoms with Gasteiger partial charge in [-0.3, -0.25) is 0 Å². The molecule has 1 nitrogen and oxygen atoms in total. The van der Waals surface area contributed by atoms with E-state index in [2.05, 4.69) is 158 Å². The maximum absolute atomic E-state index is 6.91. The SMILES string of the molecule is c1ccc(-c2oc3cc4sc5ccccc5c4cc3c2-c2c3ccccc3c(-c3ccc4ccccc4c3)c3ccccc23)cc1. The van der Waals surface area contributed by atoms with Gasteiger partial charge in [0.15, 0.2) is 0 Å². The molecule has 0 amide bonds. The van der Waals surface area contributed by atoms with E-state index < -0.39 is 0 Å². The Bertz CT molecular complexity index is 2740. The molecule has 0 saturated heterocycles. The average molecular weight is 603 g/mol. The summed E-state index contributed by atoms with van der Waals surface area (Å²) in [5, 5.41) is 11.1. The molecule has 0 aliphatic rings. The maximum atomic E-state index is 6.91. The van der Waals surface area contributed by atoms with Crippen molar-refractivity contribution in [1.29, 1.82) is 0 Å². The Morgan fingerprint density at radius 1 is 0.348 bits per heavy atom. The Balaban J connectivity index is 1.38. The van der Waals surface area contributed by atoms with Crippen molar-refractivity contribution in [3.63, 3.8) is 0 Å². The normalized spacial score (nSPS) is 11.9. The highest BCUT2D eigenvalue weighted by Crippen LogP contribution is 2.51. The number of thiophene rings is 1. The fourth-order valence-corrected chi connectivity index (χ4v) is 8.53. The summed E-state index contributed by atoms with van der Waals surface area (Å²) >= 11 is 1.83. The molecule has 2 heterocycles. The number of benzene rings is 8. The van der Waals surface area contributed by atoms with Gasteiger partial charge in [0.1, 0.15) is 11.3 Å². The number of furan rings is 1. The lowest BCUT2D eigenvalue weighted by molar-refractivity contribution is 0.633. The highest BCUT2D eigenvalue weighted by molar-refractivity contribution is 7.25. The second-order valence-corrected chi connectivity index (χ2v) is 13.1. The van der Waals surface area contributed by atoms with Crippen LogP contribution in [-0.2, 0) is 0 Å². The maximum Gasteiger partial charge on any atom is 0.143 e. The number of rotatable bonds is 3. The van der Waals surface area contributed by atoms with Gasteiger partial charge in [-0.25, -0.2) is 0 Å². The highest BCUT2D eigenvalue weighted by atomic mass is 32.1. The van der Waals surface area contributed by atoms with Crippen LogP contribution in [0, 0.1) is 0 Å². The summed E-state index contributed by atoms with van der Waals surface area (Å²) in [6.45, 7) is 0. The number of hydrogen-bond acceptors (Lipinski definition) is 2. The van der Waals surface area contributed by atoms with Crippen molar-refractivity contribution in [1.82, 2.24) is 0 Å². The molecule has 0 spiro atoms. The van der Waals surface area contributed by atoms with Gasteiger partial charge in [0.05, 0.1) is 0 Å². The Morgan fingerprint density at radius 3 is 1.70 bits per heavy atom. The van der Waals surface area contributed by atoms with Crippen molar-refractivity contribution in [2.24, 2.45) is 0 Å². The Morgan fingerprint density at radius 2 is 0.957 bits per heavy atom. The van der Waals surface area contributed by atoms with E-state index in [1.807, 2.05) is 11.3 Å². The standard InChI is InChI=1S/C44H26OS/c1-2-13-28(14-3-1)44-43(37-25-36-31-16-10-11-21-39(31)46-40(36)26-38(37)45-44)42-34-19-8-6-17-32(34)41(33-18-7-9-20-35(33)42)30-23-22-27-12-4-5-15-29(27)24-30/h1-26H. The van der Waals surface area contributed by atoms with Gasteiger partial charge < -0.3 is 4.42 Å². The zero-order valence-electron chi connectivity index (χ0n) is 24.8. The van der Waals surface area contributed by atoms with Crippen molar-refractivity contribution in [3.8, 4) is 33.6 Å². The molecule has 10 aromatic rings. The van der Waals surface area contributed by atoms with Gasteiger partial charge in [-0.2, -0.15) is 0 Å². The average Bonchev–Trinajstić information content (AvgIpc) is 3.67. The van der Waals surface area contributed by atoms with Gasteiger partial charge in [-0.15, -0.1) is 11.3 Å². The summed E-state index contributed by atoms with van der Waals surface area (Å²) in [4.78, 5) is 0. The zero-order valence-corrected chi connectivity index (χ0v) is 25.6. The summed E-state index contributed by atoms with van der Waals surface area (Å²) in [5.41, 5.74) is 6.85. The van der Waals surface area contributed by atoms with E-state index in [-0.39, 0.29) is 0 Å². The molecule has 10 rings (SSSR count). The summed E-state index contributed by atoms with van der Waals surface area (Å²) in [7, 11) is 0. The van der Waals surface area contributed by atoms with E-state index in [0.29, 0.717) is 0 Å². The van der Waals surface area contributed by atoms with Crippen LogP contribution in [0.2, 0.25) is 0 Å². The Labute approximate surface area is 269 Å². The Hall–Kier alpha value is -5.70. The van der Waals surface area contributed by atoms with Gasteiger partial charge in [-0.1, -0.05) is 133 Å². The minimum absolute atomic E-state index is 0.909. The third-order valence-electron chi connectivity index (χ3n) is 9.44. The quantitative estimate of drug-likeness (QED) is 0.183. The van der Waals surface area contributed by atoms with Crippen LogP contribution >= 0.6 is 11.3 Å². The van der Waals surface area contributed by atoms with Crippen LogP contribution < -0.4 is 0 Å². The first-order valence-electron chi connectivity index (χ1n) is 15.7. The molecular formula is C44H26OS. The molecule has 8 aromatic carbocycles. The van der Waals surface area contributed by atoms with E-state index in [9.17, 15) is 0 Å². The molecule has 0 aliphatic heterocycles. The first kappa shape index (κ1) is 25.6. The molecule has 0 bridgehead atoms. The highest BCUT2D eigenvalue weighted by Gasteiger charge is 2.25. The summed E-state index contributed by atoms with van der Waals surface area (Å²) in [6.07, 6.45) is 0. The Kier molecular flexibility index (Phi) is 5.51. The topological polar surface area (TPSA) is 13.1 Å². The molecule has 214 valence electrons. The van der Waals surface area contributed by atoms with Gasteiger partial charge in [0.2, 0.25) is 0 Å². The first-order valence-corrected chi connectivity index (χ1v) is 16.5. The summed E-state index contributed by atoms with van der Waals surface area (Å²) < 4.78 is 9.45. The number of fused-ring (bicyclic) bond motifs is 7. The molecule has 0 aliphatic carbocycles. The fourth-order valence-electron chi connectivity index (χ4n) is 7.41. The van der Waals surface area contributed by atoms with E-state index in [4.69, 9.17) is 4.42 Å². The fraction of sp³-hybridized carbons (Fsp3) is 0. The van der Waals surface area contributed by atoms with Crippen LogP contribution in [0.5, 0.6) is 0 Å². The monoisotopic (exact) mass is 602 g/mol. The molecule has 0 saturated carbocycles. The third kappa shape index (κ3) is 3.74. The van der Waals surface area contributed by atoms with Crippen LogP contribution in [0.1, 0.15) is 0 Å². The second-order valence-electron chi connectivity index (χ2n) is 12.0. The molecule has 0 fully saturated rings. The van der Waals surface area contributed by atoms with Crippen molar-refractivity contribution in [2.45, 2.75) is 0 Å². The van der Waals surface area contributed by atoms with Gasteiger partial charge in [0.25, 0.3) is 0 Å². The van der Waals surface area contributed by atoms with Gasteiger partial charge in [0, 0.05) is 42.2 Å². The van der Waals surface area contributed by atoms with E-state index in [0.717, 1.165) is 27.9 Å². The van der Waals surface area contributed by atoms with E-state index in [1.54, 1.807) is 0 Å². The van der Waals surface area contributed by atoms with Crippen LogP contribution in [0.4, 0.5) is 0 Å². The van der Waals surface area contributed by atoms with Crippen LogP contribution in [0.15, 0.2) is 162 Å².